The molecule has 0 bridgehead atoms. The molecule has 0 aliphatic heterocycles. The van der Waals surface area contributed by atoms with Gasteiger partial charge in [-0.1, -0.05) is 125 Å². The number of hydrogen-bond acceptors (Lipinski definition) is 5. The number of ether oxygens (including phenoxy) is 2. The summed E-state index contributed by atoms with van der Waals surface area (Å²) in [6.07, 6.45) is 0. The molecule has 0 saturated heterocycles. The maximum atomic E-state index is 13.7. The number of aromatic nitrogens is 3. The predicted octanol–water partition coefficient (Wildman–Crippen LogP) is 7.89. The number of fused-ring (bicyclic) bond motifs is 1. The first-order valence-electron chi connectivity index (χ1n) is 13.3. The van der Waals surface area contributed by atoms with Crippen molar-refractivity contribution >= 4 is 28.3 Å². The summed E-state index contributed by atoms with van der Waals surface area (Å²) in [4.78, 5) is 13.7. The molecule has 6 nitrogen and oxygen atoms in total. The second-order valence-electron chi connectivity index (χ2n) is 9.44. The Morgan fingerprint density at radius 2 is 1.29 bits per heavy atom. The third-order valence-corrected chi connectivity index (χ3v) is 7.22. The van der Waals surface area contributed by atoms with Gasteiger partial charge >= 0.3 is 5.97 Å². The van der Waals surface area contributed by atoms with Crippen LogP contribution in [0.1, 0.15) is 34.1 Å². The molecule has 1 heterocycles. The molecule has 41 heavy (non-hydrogen) atoms. The van der Waals surface area contributed by atoms with E-state index in [-0.39, 0.29) is 18.2 Å². The van der Waals surface area contributed by atoms with Crippen LogP contribution in [0.25, 0.3) is 10.8 Å². The molecule has 7 heteroatoms. The van der Waals surface area contributed by atoms with E-state index in [2.05, 4.69) is 10.3 Å². The third-order valence-electron chi connectivity index (χ3n) is 6.99. The first kappa shape index (κ1) is 26.3. The van der Waals surface area contributed by atoms with E-state index < -0.39 is 11.5 Å². The molecular formula is C34H26ClN3O3. The summed E-state index contributed by atoms with van der Waals surface area (Å²) in [7, 11) is 0. The van der Waals surface area contributed by atoms with Crippen LogP contribution in [-0.4, -0.2) is 27.6 Å². The fourth-order valence-corrected chi connectivity index (χ4v) is 5.40. The van der Waals surface area contributed by atoms with E-state index in [1.165, 1.54) is 0 Å². The van der Waals surface area contributed by atoms with Gasteiger partial charge in [0.05, 0.1) is 6.61 Å². The van der Waals surface area contributed by atoms with Gasteiger partial charge in [0, 0.05) is 5.02 Å². The van der Waals surface area contributed by atoms with Gasteiger partial charge in [0.1, 0.15) is 11.3 Å². The van der Waals surface area contributed by atoms with E-state index in [1.54, 1.807) is 11.6 Å². The Kier molecular flexibility index (Phi) is 7.23. The molecule has 6 aromatic rings. The average Bonchev–Trinajstić information content (AvgIpc) is 3.43. The second kappa shape index (κ2) is 11.3. The van der Waals surface area contributed by atoms with E-state index in [1.807, 2.05) is 127 Å². The highest BCUT2D eigenvalue weighted by Gasteiger charge is 2.44. The van der Waals surface area contributed by atoms with Gasteiger partial charge in [-0.15, -0.1) is 0 Å². The number of carbonyl (C=O) groups is 1. The molecule has 0 spiro atoms. The first-order chi connectivity index (χ1) is 20.1. The van der Waals surface area contributed by atoms with Crippen molar-refractivity contribution in [2.75, 3.05) is 6.61 Å². The van der Waals surface area contributed by atoms with Crippen LogP contribution in [0.3, 0.4) is 0 Å². The van der Waals surface area contributed by atoms with Gasteiger partial charge < -0.3 is 9.47 Å². The summed E-state index contributed by atoms with van der Waals surface area (Å²) in [5, 5.41) is 11.6. The number of rotatable bonds is 8. The molecule has 1 aromatic heterocycles. The van der Waals surface area contributed by atoms with Crippen molar-refractivity contribution in [2.24, 2.45) is 0 Å². The summed E-state index contributed by atoms with van der Waals surface area (Å²) in [6.45, 7) is 1.94. The van der Waals surface area contributed by atoms with Gasteiger partial charge in [0.25, 0.3) is 5.88 Å². The molecular weight excluding hydrogens is 534 g/mol. The summed E-state index contributed by atoms with van der Waals surface area (Å²) in [6, 6.07) is 41.0. The zero-order valence-corrected chi connectivity index (χ0v) is 23.0. The Morgan fingerprint density at radius 1 is 0.756 bits per heavy atom. The number of halogens is 1. The van der Waals surface area contributed by atoms with Crippen molar-refractivity contribution in [3.05, 3.63) is 155 Å². The Labute approximate surface area is 242 Å². The number of hydrogen-bond donors (Lipinski definition) is 0. The van der Waals surface area contributed by atoms with Gasteiger partial charge in [-0.2, -0.15) is 0 Å². The predicted molar refractivity (Wildman–Crippen MR) is 160 cm³/mol. The molecule has 0 saturated carbocycles. The van der Waals surface area contributed by atoms with Crippen LogP contribution < -0.4 is 4.74 Å². The van der Waals surface area contributed by atoms with Crippen molar-refractivity contribution in [1.82, 2.24) is 15.0 Å². The zero-order chi connectivity index (χ0) is 28.2. The molecule has 0 aliphatic carbocycles. The van der Waals surface area contributed by atoms with Crippen molar-refractivity contribution in [2.45, 2.75) is 12.5 Å². The van der Waals surface area contributed by atoms with Gasteiger partial charge in [0.2, 0.25) is 5.69 Å². The maximum absolute atomic E-state index is 13.7. The van der Waals surface area contributed by atoms with E-state index in [0.29, 0.717) is 10.8 Å². The molecule has 202 valence electrons. The van der Waals surface area contributed by atoms with Crippen molar-refractivity contribution in [1.29, 1.82) is 0 Å². The largest absolute Gasteiger partial charge is 0.461 e. The van der Waals surface area contributed by atoms with Gasteiger partial charge in [-0.3, -0.25) is 0 Å². The van der Waals surface area contributed by atoms with Crippen molar-refractivity contribution < 1.29 is 14.3 Å². The first-order valence-corrected chi connectivity index (χ1v) is 13.7. The molecule has 0 amide bonds. The minimum atomic E-state index is -1.07. The molecule has 6 rings (SSSR count). The molecule has 0 N–H and O–H groups in total. The van der Waals surface area contributed by atoms with Crippen LogP contribution >= 0.6 is 11.6 Å². The molecule has 0 aliphatic rings. The van der Waals surface area contributed by atoms with E-state index in [4.69, 9.17) is 21.1 Å². The third kappa shape index (κ3) is 4.83. The van der Waals surface area contributed by atoms with Crippen LogP contribution in [0, 0.1) is 0 Å². The number of benzene rings is 5. The summed E-state index contributed by atoms with van der Waals surface area (Å²) in [5.74, 6) is -0.0432. The SMILES string of the molecule is CCOC(=O)c1c(Oc2ccc3cc(Cl)ccc3c2)nnn1C(c1ccccc1)(c1ccccc1)c1ccccc1. The molecule has 0 unspecified atom stereocenters. The molecule has 5 aromatic carbocycles. The highest BCUT2D eigenvalue weighted by Crippen LogP contribution is 2.42. The monoisotopic (exact) mass is 559 g/mol. The van der Waals surface area contributed by atoms with Crippen molar-refractivity contribution in [3.63, 3.8) is 0 Å². The Bertz CT molecular complexity index is 1710. The van der Waals surface area contributed by atoms with Crippen molar-refractivity contribution in [3.8, 4) is 11.6 Å². The lowest BCUT2D eigenvalue weighted by Crippen LogP contribution is -2.40. The zero-order valence-electron chi connectivity index (χ0n) is 22.3. The highest BCUT2D eigenvalue weighted by molar-refractivity contribution is 6.31. The van der Waals surface area contributed by atoms with E-state index >= 15 is 0 Å². The molecule has 0 fully saturated rings. The smallest absolute Gasteiger partial charge is 0.362 e. The topological polar surface area (TPSA) is 66.2 Å². The van der Waals surface area contributed by atoms with Gasteiger partial charge in [-0.05, 0) is 58.7 Å². The fourth-order valence-electron chi connectivity index (χ4n) is 5.22. The summed E-state index contributed by atoms with van der Waals surface area (Å²) < 4.78 is 13.5. The minimum Gasteiger partial charge on any atom is -0.461 e. The minimum absolute atomic E-state index is 0.0453. The van der Waals surface area contributed by atoms with Crippen LogP contribution in [0.4, 0.5) is 0 Å². The summed E-state index contributed by atoms with van der Waals surface area (Å²) in [5.41, 5.74) is 1.70. The van der Waals surface area contributed by atoms with E-state index in [9.17, 15) is 4.79 Å². The Hall–Kier alpha value is -4.94. The Morgan fingerprint density at radius 3 is 1.85 bits per heavy atom. The fraction of sp³-hybridized carbons (Fsp3) is 0.0882. The standard InChI is InChI=1S/C34H26ClN3O3/c1-2-40-33(39)31-32(41-30-21-19-24-22-29(35)20-18-25(24)23-30)36-37-38(31)34(26-12-6-3-7-13-26,27-14-8-4-9-15-27)28-16-10-5-11-17-28/h3-23H,2H2,1H3. The summed E-state index contributed by atoms with van der Waals surface area (Å²) >= 11 is 6.17. The number of nitrogens with zero attached hydrogens (tertiary/aromatic N) is 3. The normalized spacial score (nSPS) is 11.4. The quantitative estimate of drug-likeness (QED) is 0.140. The van der Waals surface area contributed by atoms with Crippen LogP contribution in [0.15, 0.2) is 127 Å². The van der Waals surface area contributed by atoms with Gasteiger partial charge in [0.15, 0.2) is 0 Å². The van der Waals surface area contributed by atoms with E-state index in [0.717, 1.165) is 27.5 Å². The highest BCUT2D eigenvalue weighted by atomic mass is 35.5. The van der Waals surface area contributed by atoms with Crippen LogP contribution in [0.2, 0.25) is 5.02 Å². The Balaban J connectivity index is 1.61. The average molecular weight is 560 g/mol. The lowest BCUT2D eigenvalue weighted by molar-refractivity contribution is 0.0505. The van der Waals surface area contributed by atoms with Gasteiger partial charge in [-0.25, -0.2) is 9.48 Å². The lowest BCUT2D eigenvalue weighted by atomic mass is 9.77. The molecule has 0 atom stereocenters. The van der Waals surface area contributed by atoms with Crippen LogP contribution in [-0.2, 0) is 10.3 Å². The number of carbonyl (C=O) groups excluding carboxylic acids is 1. The van der Waals surface area contributed by atoms with Crippen LogP contribution in [0.5, 0.6) is 11.6 Å². The maximum Gasteiger partial charge on any atom is 0.362 e. The number of esters is 1. The molecule has 0 radical (unpaired) electrons. The lowest BCUT2D eigenvalue weighted by Gasteiger charge is -2.36. The second-order valence-corrected chi connectivity index (χ2v) is 9.88.